The summed E-state index contributed by atoms with van der Waals surface area (Å²) in [6.07, 6.45) is 0. The van der Waals surface area contributed by atoms with Crippen molar-refractivity contribution in [1.82, 2.24) is 9.55 Å². The number of hydrogen-bond donors (Lipinski definition) is 0. The summed E-state index contributed by atoms with van der Waals surface area (Å²) in [6, 6.07) is 16.9. The van der Waals surface area contributed by atoms with Gasteiger partial charge in [-0.3, -0.25) is 9.36 Å². The van der Waals surface area contributed by atoms with Gasteiger partial charge in [0.05, 0.1) is 18.5 Å². The molecule has 3 rings (SSSR count). The van der Waals surface area contributed by atoms with Crippen LogP contribution in [0.2, 0.25) is 0 Å². The summed E-state index contributed by atoms with van der Waals surface area (Å²) in [5, 5.41) is 0. The van der Waals surface area contributed by atoms with E-state index in [9.17, 15) is 4.79 Å². The molecular weight excluding hydrogens is 288 g/mol. The first-order valence-corrected chi connectivity index (χ1v) is 7.40. The molecule has 116 valence electrons. The Labute approximate surface area is 135 Å². The Hall–Kier alpha value is -2.88. The van der Waals surface area contributed by atoms with Gasteiger partial charge in [0.2, 0.25) is 0 Å². The van der Waals surface area contributed by atoms with Gasteiger partial charge in [-0.25, -0.2) is 4.98 Å². The van der Waals surface area contributed by atoms with Crippen molar-refractivity contribution < 1.29 is 4.74 Å². The molecule has 0 aliphatic heterocycles. The molecule has 1 aromatic heterocycles. The van der Waals surface area contributed by atoms with Gasteiger partial charge < -0.3 is 4.74 Å². The number of aryl methyl sites for hydroxylation is 2. The fraction of sp³-hybridized carbons (Fsp3) is 0.158. The molecule has 0 unspecified atom stereocenters. The molecule has 0 spiro atoms. The van der Waals surface area contributed by atoms with Crippen LogP contribution in [-0.2, 0) is 0 Å². The molecule has 0 radical (unpaired) electrons. The first kappa shape index (κ1) is 15.0. The van der Waals surface area contributed by atoms with E-state index in [0.717, 1.165) is 22.6 Å². The molecule has 0 amide bonds. The summed E-state index contributed by atoms with van der Waals surface area (Å²) < 4.78 is 6.84. The van der Waals surface area contributed by atoms with Crippen molar-refractivity contribution >= 4 is 0 Å². The molecule has 1 heterocycles. The minimum atomic E-state index is -0.0980. The van der Waals surface area contributed by atoms with E-state index >= 15 is 0 Å². The average molecular weight is 306 g/mol. The van der Waals surface area contributed by atoms with E-state index in [2.05, 4.69) is 4.98 Å². The highest BCUT2D eigenvalue weighted by Gasteiger charge is 2.09. The Kier molecular flexibility index (Phi) is 3.98. The smallest absolute Gasteiger partial charge is 0.258 e. The van der Waals surface area contributed by atoms with E-state index in [1.165, 1.54) is 0 Å². The molecule has 0 fully saturated rings. The van der Waals surface area contributed by atoms with Crippen LogP contribution in [0.15, 0.2) is 59.4 Å². The number of aromatic nitrogens is 2. The lowest BCUT2D eigenvalue weighted by Crippen LogP contribution is -2.21. The highest BCUT2D eigenvalue weighted by molar-refractivity contribution is 5.61. The van der Waals surface area contributed by atoms with Gasteiger partial charge in [0, 0.05) is 11.6 Å². The van der Waals surface area contributed by atoms with Crippen molar-refractivity contribution in [2.24, 2.45) is 0 Å². The van der Waals surface area contributed by atoms with Crippen LogP contribution in [0.3, 0.4) is 0 Å². The Morgan fingerprint density at radius 3 is 2.39 bits per heavy atom. The highest BCUT2D eigenvalue weighted by atomic mass is 16.5. The van der Waals surface area contributed by atoms with E-state index < -0.39 is 0 Å². The summed E-state index contributed by atoms with van der Waals surface area (Å²) in [4.78, 5) is 17.2. The molecule has 3 aromatic rings. The molecule has 0 aliphatic carbocycles. The fourth-order valence-electron chi connectivity index (χ4n) is 2.54. The van der Waals surface area contributed by atoms with Crippen LogP contribution in [0.4, 0.5) is 0 Å². The van der Waals surface area contributed by atoms with Crippen molar-refractivity contribution in [2.45, 2.75) is 13.8 Å². The lowest BCUT2D eigenvalue weighted by molar-refractivity contribution is 0.415. The van der Waals surface area contributed by atoms with Gasteiger partial charge >= 0.3 is 0 Å². The molecule has 0 atom stereocenters. The normalized spacial score (nSPS) is 10.6. The summed E-state index contributed by atoms with van der Waals surface area (Å²) in [5.41, 5.74) is 3.39. The number of rotatable bonds is 3. The zero-order chi connectivity index (χ0) is 16.4. The minimum Gasteiger partial charge on any atom is -0.497 e. The molecule has 2 aromatic carbocycles. The van der Waals surface area contributed by atoms with Crippen LogP contribution in [0, 0.1) is 13.8 Å². The molecule has 0 bridgehead atoms. The van der Waals surface area contributed by atoms with Crippen LogP contribution in [0.25, 0.3) is 16.9 Å². The summed E-state index contributed by atoms with van der Waals surface area (Å²) >= 11 is 0. The first-order valence-electron chi connectivity index (χ1n) is 7.40. The third-order valence-corrected chi connectivity index (χ3v) is 3.74. The van der Waals surface area contributed by atoms with Gasteiger partial charge in [0.15, 0.2) is 0 Å². The largest absolute Gasteiger partial charge is 0.497 e. The lowest BCUT2D eigenvalue weighted by Gasteiger charge is -2.11. The van der Waals surface area contributed by atoms with Crippen molar-refractivity contribution in [3.05, 3.63) is 76.3 Å². The molecule has 0 N–H and O–H groups in total. The Morgan fingerprint density at radius 2 is 1.74 bits per heavy atom. The minimum absolute atomic E-state index is 0.0980. The maximum Gasteiger partial charge on any atom is 0.258 e. The fourth-order valence-corrected chi connectivity index (χ4v) is 2.54. The van der Waals surface area contributed by atoms with Gasteiger partial charge in [0.1, 0.15) is 11.6 Å². The van der Waals surface area contributed by atoms with Gasteiger partial charge in [-0.1, -0.05) is 29.8 Å². The van der Waals surface area contributed by atoms with Crippen LogP contribution >= 0.6 is 0 Å². The van der Waals surface area contributed by atoms with Crippen molar-refractivity contribution in [1.29, 1.82) is 0 Å². The first-order chi connectivity index (χ1) is 11.1. The molecule has 0 aliphatic rings. The Bertz CT molecular complexity index is 896. The standard InChI is InChI=1S/C19H18N2O2/c1-13-7-9-16(10-8-13)21-14(2)20-18(12-19(21)22)15-5-4-6-17(11-15)23-3/h4-12H,1-3H3. The third-order valence-electron chi connectivity index (χ3n) is 3.74. The van der Waals surface area contributed by atoms with Gasteiger partial charge in [-0.15, -0.1) is 0 Å². The van der Waals surface area contributed by atoms with E-state index in [1.807, 2.05) is 62.4 Å². The van der Waals surface area contributed by atoms with Crippen LogP contribution in [-0.4, -0.2) is 16.7 Å². The van der Waals surface area contributed by atoms with E-state index in [1.54, 1.807) is 17.7 Å². The Morgan fingerprint density at radius 1 is 1.00 bits per heavy atom. The predicted molar refractivity (Wildman–Crippen MR) is 91.3 cm³/mol. The summed E-state index contributed by atoms with van der Waals surface area (Å²) in [5.74, 6) is 1.39. The van der Waals surface area contributed by atoms with Crippen molar-refractivity contribution in [3.8, 4) is 22.7 Å². The zero-order valence-electron chi connectivity index (χ0n) is 13.4. The predicted octanol–water partition coefficient (Wildman–Crippen LogP) is 3.52. The van der Waals surface area contributed by atoms with E-state index in [4.69, 9.17) is 4.74 Å². The van der Waals surface area contributed by atoms with Crippen molar-refractivity contribution in [2.75, 3.05) is 7.11 Å². The van der Waals surface area contributed by atoms with Gasteiger partial charge in [-0.05, 0) is 38.1 Å². The molecule has 0 saturated heterocycles. The topological polar surface area (TPSA) is 44.1 Å². The Balaban J connectivity index is 2.10. The molecular formula is C19H18N2O2. The second-order valence-corrected chi connectivity index (χ2v) is 5.43. The van der Waals surface area contributed by atoms with Gasteiger partial charge in [0.25, 0.3) is 5.56 Å². The summed E-state index contributed by atoms with van der Waals surface area (Å²) in [7, 11) is 1.62. The third kappa shape index (κ3) is 3.01. The number of ether oxygens (including phenoxy) is 1. The second-order valence-electron chi connectivity index (χ2n) is 5.43. The van der Waals surface area contributed by atoms with Crippen LogP contribution < -0.4 is 10.3 Å². The zero-order valence-corrected chi connectivity index (χ0v) is 13.4. The monoisotopic (exact) mass is 306 g/mol. The molecule has 4 heteroatoms. The maximum absolute atomic E-state index is 12.6. The van der Waals surface area contributed by atoms with Crippen LogP contribution in [0.1, 0.15) is 11.4 Å². The lowest BCUT2D eigenvalue weighted by atomic mass is 10.1. The SMILES string of the molecule is COc1cccc(-c2cc(=O)n(-c3ccc(C)cc3)c(C)n2)c1. The second kappa shape index (κ2) is 6.08. The molecule has 4 nitrogen and oxygen atoms in total. The number of nitrogens with zero attached hydrogens (tertiary/aromatic N) is 2. The number of hydrogen-bond acceptors (Lipinski definition) is 3. The maximum atomic E-state index is 12.6. The van der Waals surface area contributed by atoms with Gasteiger partial charge in [-0.2, -0.15) is 0 Å². The molecule has 0 saturated carbocycles. The molecule has 23 heavy (non-hydrogen) atoms. The van der Waals surface area contributed by atoms with Crippen LogP contribution in [0.5, 0.6) is 5.75 Å². The number of benzene rings is 2. The number of methoxy groups -OCH3 is 1. The summed E-state index contributed by atoms with van der Waals surface area (Å²) in [6.45, 7) is 3.86. The van der Waals surface area contributed by atoms with Crippen molar-refractivity contribution in [3.63, 3.8) is 0 Å². The van der Waals surface area contributed by atoms with E-state index in [0.29, 0.717) is 11.5 Å². The van der Waals surface area contributed by atoms with E-state index in [-0.39, 0.29) is 5.56 Å². The highest BCUT2D eigenvalue weighted by Crippen LogP contribution is 2.22. The average Bonchev–Trinajstić information content (AvgIpc) is 2.56. The quantitative estimate of drug-likeness (QED) is 0.743.